The highest BCUT2D eigenvalue weighted by atomic mass is 32.1. The van der Waals surface area contributed by atoms with Gasteiger partial charge in [0.05, 0.1) is 11.3 Å². The fraction of sp³-hybridized carbons (Fsp3) is 0.375. The minimum atomic E-state index is -2.99. The lowest BCUT2D eigenvalue weighted by Gasteiger charge is -2.45. The predicted octanol–water partition coefficient (Wildman–Crippen LogP) is 3.92. The van der Waals surface area contributed by atoms with Gasteiger partial charge < -0.3 is 15.2 Å². The first-order valence-corrected chi connectivity index (χ1v) is 12.2. The molecular weight excluding hydrogens is 495 g/mol. The highest BCUT2D eigenvalue weighted by molar-refractivity contribution is 7.09. The number of carbonyl (C=O) groups is 3. The number of amides is 2. The topological polar surface area (TPSA) is 106 Å². The van der Waals surface area contributed by atoms with Crippen LogP contribution in [0, 0.1) is 19.7 Å². The third kappa shape index (κ3) is 3.98. The summed E-state index contributed by atoms with van der Waals surface area (Å²) >= 11 is 1.02. The van der Waals surface area contributed by atoms with Crippen LogP contribution in [0.15, 0.2) is 23.7 Å². The highest BCUT2D eigenvalue weighted by Gasteiger charge is 2.60. The molecule has 188 valence electrons. The summed E-state index contributed by atoms with van der Waals surface area (Å²) in [5, 5.41) is 12.9. The molecule has 3 heterocycles. The minimum absolute atomic E-state index is 0.0405. The Balaban J connectivity index is 1.43. The minimum Gasteiger partial charge on any atom is -0.341 e. The van der Waals surface area contributed by atoms with Gasteiger partial charge in [-0.3, -0.25) is 14.4 Å². The molecule has 2 aliphatic rings. The first kappa shape index (κ1) is 24.2. The van der Waals surface area contributed by atoms with Crippen LogP contribution in [0.5, 0.6) is 0 Å². The van der Waals surface area contributed by atoms with Gasteiger partial charge in [-0.2, -0.15) is 0 Å². The Bertz CT molecular complexity index is 1390. The third-order valence-corrected chi connectivity index (χ3v) is 7.63. The molecule has 2 amide bonds. The average Bonchev–Trinajstić information content (AvgIpc) is 3.52. The zero-order chi connectivity index (χ0) is 25.8. The summed E-state index contributed by atoms with van der Waals surface area (Å²) in [6, 6.07) is 4.32. The number of benzene rings is 1. The second-order valence-electron chi connectivity index (χ2n) is 9.29. The summed E-state index contributed by atoms with van der Waals surface area (Å²) in [4.78, 5) is 39.5. The summed E-state index contributed by atoms with van der Waals surface area (Å²) in [7, 11) is 0. The van der Waals surface area contributed by atoms with E-state index < -0.39 is 47.7 Å². The van der Waals surface area contributed by atoms with Crippen molar-refractivity contribution in [1.82, 2.24) is 20.1 Å². The predicted molar refractivity (Wildman–Crippen MR) is 125 cm³/mol. The largest absolute Gasteiger partial charge is 0.341 e. The number of carbonyl (C=O) groups excluding carboxylic acids is 3. The second-order valence-corrected chi connectivity index (χ2v) is 10.1. The second kappa shape index (κ2) is 8.54. The lowest BCUT2D eigenvalue weighted by molar-refractivity contribution is -0.147. The van der Waals surface area contributed by atoms with Crippen LogP contribution in [-0.4, -0.2) is 38.3 Å². The molecule has 2 N–H and O–H groups in total. The van der Waals surface area contributed by atoms with Gasteiger partial charge in [-0.25, -0.2) is 13.2 Å². The van der Waals surface area contributed by atoms with E-state index in [-0.39, 0.29) is 22.0 Å². The molecule has 1 fully saturated rings. The van der Waals surface area contributed by atoms with Crippen molar-refractivity contribution in [2.45, 2.75) is 57.5 Å². The van der Waals surface area contributed by atoms with Crippen molar-refractivity contribution in [3.63, 3.8) is 0 Å². The number of Topliss-reactive ketones (excluding diaryl/α,β-unsaturated/α-hetero) is 1. The average molecular weight is 518 g/mol. The maximum Gasteiger partial charge on any atom is 0.294 e. The maximum atomic E-state index is 13.9. The van der Waals surface area contributed by atoms with Crippen LogP contribution in [0.3, 0.4) is 0 Å². The van der Waals surface area contributed by atoms with Gasteiger partial charge in [0.15, 0.2) is 0 Å². The van der Waals surface area contributed by atoms with Crippen LogP contribution >= 0.6 is 11.3 Å². The number of nitrogens with one attached hydrogen (secondary N) is 2. The molecule has 0 unspecified atom stereocenters. The number of aryl methyl sites for hydroxylation is 1. The van der Waals surface area contributed by atoms with Crippen LogP contribution in [0.4, 0.5) is 18.9 Å². The Kier molecular flexibility index (Phi) is 5.73. The van der Waals surface area contributed by atoms with Gasteiger partial charge in [0.1, 0.15) is 21.9 Å². The molecule has 1 aromatic carbocycles. The smallest absolute Gasteiger partial charge is 0.294 e. The van der Waals surface area contributed by atoms with Crippen LogP contribution in [-0.2, 0) is 23.3 Å². The molecule has 0 saturated heterocycles. The number of anilines is 1. The van der Waals surface area contributed by atoms with Gasteiger partial charge in [0, 0.05) is 30.8 Å². The standard InChI is InChI=1S/C24H22F3N5O3S/c1-12-5-6-14(8-15(12)25)29-20(34)17-13(2)18(32-7-3-4-16(17)32)19(33)21(35)30-23(9-24(26,27)10-23)22-31-28-11-36-22/h5-6,8,11H,3-4,7,9-10H2,1-2H3,(H,29,34)(H,30,35). The molecule has 12 heteroatoms. The number of rotatable bonds is 6. The number of hydrogen-bond acceptors (Lipinski definition) is 6. The van der Waals surface area contributed by atoms with Crippen molar-refractivity contribution in [2.75, 3.05) is 5.32 Å². The highest BCUT2D eigenvalue weighted by Crippen LogP contribution is 2.52. The first-order chi connectivity index (χ1) is 17.0. The number of ketones is 1. The van der Waals surface area contributed by atoms with E-state index >= 15 is 0 Å². The quantitative estimate of drug-likeness (QED) is 0.381. The number of fused-ring (bicyclic) bond motifs is 1. The maximum absolute atomic E-state index is 13.9. The fourth-order valence-electron chi connectivity index (χ4n) is 5.06. The SMILES string of the molecule is Cc1ccc(NC(=O)c2c(C)c(C(=O)C(=O)NC3(c4nncs4)CC(F)(F)C3)n3c2CCC3)cc1F. The molecule has 1 aliphatic carbocycles. The molecule has 0 atom stereocenters. The van der Waals surface area contributed by atoms with E-state index in [4.69, 9.17) is 0 Å². The monoisotopic (exact) mass is 517 g/mol. The van der Waals surface area contributed by atoms with E-state index in [0.717, 1.165) is 11.3 Å². The zero-order valence-electron chi connectivity index (χ0n) is 19.5. The molecule has 0 radical (unpaired) electrons. The van der Waals surface area contributed by atoms with Crippen molar-refractivity contribution in [3.8, 4) is 0 Å². The van der Waals surface area contributed by atoms with E-state index in [1.165, 1.54) is 11.6 Å². The fourth-order valence-corrected chi connectivity index (χ4v) is 5.77. The van der Waals surface area contributed by atoms with E-state index in [1.54, 1.807) is 30.5 Å². The number of hydrogen-bond donors (Lipinski definition) is 2. The summed E-state index contributed by atoms with van der Waals surface area (Å²) in [5.41, 5.74) is 1.79. The Morgan fingerprint density at radius 1 is 1.17 bits per heavy atom. The Hall–Kier alpha value is -3.54. The third-order valence-electron chi connectivity index (χ3n) is 6.73. The molecule has 2 aromatic heterocycles. The number of aromatic nitrogens is 3. The summed E-state index contributed by atoms with van der Waals surface area (Å²) in [6.45, 7) is 3.60. The van der Waals surface area contributed by atoms with Gasteiger partial charge in [-0.05, 0) is 49.9 Å². The molecule has 1 aliphatic heterocycles. The number of nitrogens with zero attached hydrogens (tertiary/aromatic N) is 3. The molecule has 0 spiro atoms. The molecular formula is C24H22F3N5O3S. The van der Waals surface area contributed by atoms with E-state index in [1.807, 2.05) is 0 Å². The first-order valence-electron chi connectivity index (χ1n) is 11.3. The molecule has 8 nitrogen and oxygen atoms in total. The zero-order valence-corrected chi connectivity index (χ0v) is 20.3. The lowest BCUT2D eigenvalue weighted by Crippen LogP contribution is -2.61. The number of alkyl halides is 2. The lowest BCUT2D eigenvalue weighted by atomic mass is 9.73. The molecule has 36 heavy (non-hydrogen) atoms. The van der Waals surface area contributed by atoms with Crippen molar-refractivity contribution in [2.24, 2.45) is 0 Å². The van der Waals surface area contributed by atoms with Crippen molar-refractivity contribution in [3.05, 3.63) is 62.6 Å². The van der Waals surface area contributed by atoms with Gasteiger partial charge in [0.2, 0.25) is 0 Å². The van der Waals surface area contributed by atoms with E-state index in [9.17, 15) is 27.6 Å². The molecule has 1 saturated carbocycles. The Morgan fingerprint density at radius 3 is 2.56 bits per heavy atom. The van der Waals surface area contributed by atoms with Gasteiger partial charge in [-0.1, -0.05) is 6.07 Å². The normalized spacial score (nSPS) is 17.2. The van der Waals surface area contributed by atoms with Crippen LogP contribution in [0.2, 0.25) is 0 Å². The van der Waals surface area contributed by atoms with E-state index in [2.05, 4.69) is 20.8 Å². The Morgan fingerprint density at radius 2 is 1.92 bits per heavy atom. The molecule has 3 aromatic rings. The molecule has 0 bridgehead atoms. The van der Waals surface area contributed by atoms with Gasteiger partial charge in [0.25, 0.3) is 23.5 Å². The van der Waals surface area contributed by atoms with Crippen molar-refractivity contribution in [1.29, 1.82) is 0 Å². The van der Waals surface area contributed by atoms with Crippen molar-refractivity contribution >= 4 is 34.6 Å². The van der Waals surface area contributed by atoms with E-state index in [0.29, 0.717) is 36.2 Å². The summed E-state index contributed by atoms with van der Waals surface area (Å²) in [5.74, 6) is -5.96. The van der Waals surface area contributed by atoms with Crippen LogP contribution < -0.4 is 10.6 Å². The summed E-state index contributed by atoms with van der Waals surface area (Å²) in [6.07, 6.45) is -0.181. The van der Waals surface area contributed by atoms with Crippen molar-refractivity contribution < 1.29 is 27.6 Å². The van der Waals surface area contributed by atoms with Crippen LogP contribution in [0.1, 0.15) is 61.9 Å². The summed E-state index contributed by atoms with van der Waals surface area (Å²) < 4.78 is 43.2. The van der Waals surface area contributed by atoms with Crippen LogP contribution in [0.25, 0.3) is 0 Å². The van der Waals surface area contributed by atoms with Gasteiger partial charge >= 0.3 is 0 Å². The Labute approximate surface area is 207 Å². The molecule has 5 rings (SSSR count). The van der Waals surface area contributed by atoms with Gasteiger partial charge in [-0.15, -0.1) is 21.5 Å². The number of halogens is 3.